The molecule has 0 aliphatic rings. The number of carbonyl (C=O) groups excluding carboxylic acids is 4. The zero-order valence-corrected chi connectivity index (χ0v) is 57.1. The molecule has 0 atom stereocenters. The molecule has 488 valence electrons. The van der Waals surface area contributed by atoms with Gasteiger partial charge in [0.15, 0.2) is 12.6 Å². The summed E-state index contributed by atoms with van der Waals surface area (Å²) in [5, 5.41) is 0. The maximum absolute atomic E-state index is 11.8. The first-order valence-corrected chi connectivity index (χ1v) is 33.7. The summed E-state index contributed by atoms with van der Waals surface area (Å²) in [6.07, 6.45) is 23.5. The number of carbonyl (C=O) groups is 4. The van der Waals surface area contributed by atoms with Crippen LogP contribution in [0, 0.1) is 0 Å². The number of hydrogen-bond donors (Lipinski definition) is 0. The molecule has 8 aromatic rings. The Kier molecular flexibility index (Phi) is 31.7. The predicted molar refractivity (Wildman–Crippen MR) is 389 cm³/mol. The second-order valence-corrected chi connectivity index (χ2v) is 25.7. The Hall–Kier alpha value is -8.80. The average molecular weight is 1320 g/mol. The summed E-state index contributed by atoms with van der Waals surface area (Å²) in [5.74, 6) is 1.05. The number of aldehydes is 2. The van der Waals surface area contributed by atoms with Gasteiger partial charge in [-0.3, -0.25) is 19.2 Å². The van der Waals surface area contributed by atoms with E-state index in [1.165, 1.54) is 6.42 Å². The summed E-state index contributed by atoms with van der Waals surface area (Å²) in [6.45, 7) is 16.4. The van der Waals surface area contributed by atoms with E-state index in [1.807, 2.05) is 108 Å². The van der Waals surface area contributed by atoms with Crippen LogP contribution in [-0.2, 0) is 19.1 Å². The van der Waals surface area contributed by atoms with Crippen molar-refractivity contribution in [3.63, 3.8) is 0 Å². The molecule has 8 aromatic carbocycles. The van der Waals surface area contributed by atoms with Gasteiger partial charge >= 0.3 is 11.9 Å². The topological polar surface area (TPSA) is 112 Å². The van der Waals surface area contributed by atoms with Gasteiger partial charge in [0.1, 0.15) is 22.7 Å². The molecule has 0 bridgehead atoms. The van der Waals surface area contributed by atoms with Crippen LogP contribution >= 0.6 is 15.9 Å². The molecule has 0 aliphatic carbocycles. The van der Waals surface area contributed by atoms with Gasteiger partial charge < -0.3 is 28.7 Å². The fourth-order valence-corrected chi connectivity index (χ4v) is 10.5. The second kappa shape index (κ2) is 40.2. The van der Waals surface area contributed by atoms with Crippen molar-refractivity contribution >= 4 is 92.8 Å². The van der Waals surface area contributed by atoms with E-state index in [2.05, 4.69) is 184 Å². The van der Waals surface area contributed by atoms with Crippen LogP contribution in [0.1, 0.15) is 182 Å². The maximum Gasteiger partial charge on any atom is 0.306 e. The first-order valence-electron chi connectivity index (χ1n) is 32.9. The van der Waals surface area contributed by atoms with E-state index in [1.54, 1.807) is 6.07 Å². The van der Waals surface area contributed by atoms with Gasteiger partial charge in [0.05, 0.1) is 24.3 Å². The van der Waals surface area contributed by atoms with Gasteiger partial charge in [-0.2, -0.15) is 0 Å². The van der Waals surface area contributed by atoms with E-state index in [0.29, 0.717) is 48.7 Å². The highest BCUT2D eigenvalue weighted by atomic mass is 79.9. The largest absolute Gasteiger partial charge is 0.493 e. The number of ether oxygens (including phenoxy) is 4. The number of unbranched alkanes of at least 4 members (excludes halogenated alkanes) is 12. The normalized spacial score (nSPS) is 11.0. The van der Waals surface area contributed by atoms with Gasteiger partial charge in [-0.1, -0.05) is 208 Å². The molecular formula is C82H95BrN2O8. The molecule has 0 fully saturated rings. The number of benzene rings is 8. The Morgan fingerprint density at radius 1 is 0.387 bits per heavy atom. The summed E-state index contributed by atoms with van der Waals surface area (Å²) >= 11 is 3.39. The first kappa shape index (κ1) is 73.3. The van der Waals surface area contributed by atoms with Gasteiger partial charge in [0.2, 0.25) is 0 Å². The van der Waals surface area contributed by atoms with Crippen molar-refractivity contribution in [3.05, 3.63) is 245 Å². The van der Waals surface area contributed by atoms with Crippen LogP contribution in [0.3, 0.4) is 0 Å². The third-order valence-corrected chi connectivity index (χ3v) is 15.2. The minimum absolute atomic E-state index is 0.100. The lowest BCUT2D eigenvalue weighted by molar-refractivity contribution is -0.156. The fraction of sp³-hybridized carbons (Fsp3) is 0.317. The molecular weight excluding hydrogens is 1220 g/mol. The Labute approximate surface area is 562 Å². The van der Waals surface area contributed by atoms with E-state index in [0.717, 1.165) is 151 Å². The zero-order chi connectivity index (χ0) is 66.5. The number of nitrogens with zero attached hydrogens (tertiary/aromatic N) is 2. The highest BCUT2D eigenvalue weighted by Crippen LogP contribution is 2.36. The SMILES string of the molecule is C=Cc1ccc(N(c2ccccc2)c2ccccc2)cc1.CC(C)(C)OC(=O)CCCCCCCCCOc1cc(/C=C/c2ccc(N(c3ccccc3)c3ccccc3)cc2)ccc1C=O.CC(C)(C)OC(=O)CCCCCCCCCOc1cc(Br)ccc1C=O. The van der Waals surface area contributed by atoms with E-state index in [9.17, 15) is 19.2 Å². The number of esters is 2. The lowest BCUT2D eigenvalue weighted by atomic mass is 10.1. The van der Waals surface area contributed by atoms with Crippen LogP contribution in [0.15, 0.2) is 217 Å². The van der Waals surface area contributed by atoms with E-state index < -0.39 is 5.60 Å². The van der Waals surface area contributed by atoms with Crippen LogP contribution in [0.2, 0.25) is 0 Å². The molecule has 10 nitrogen and oxygen atoms in total. The summed E-state index contributed by atoms with van der Waals surface area (Å²) < 4.78 is 23.3. The minimum Gasteiger partial charge on any atom is -0.493 e. The number of hydrogen-bond acceptors (Lipinski definition) is 10. The third-order valence-electron chi connectivity index (χ3n) is 14.7. The molecule has 0 spiro atoms. The van der Waals surface area contributed by atoms with Crippen molar-refractivity contribution in [2.24, 2.45) is 0 Å². The Bertz CT molecular complexity index is 3410. The van der Waals surface area contributed by atoms with Crippen molar-refractivity contribution in [2.45, 2.75) is 155 Å². The molecule has 0 saturated heterocycles. The lowest BCUT2D eigenvalue weighted by Gasteiger charge is -2.25. The molecule has 0 amide bonds. The average Bonchev–Trinajstić information content (AvgIpc) is 0.990. The fourth-order valence-electron chi connectivity index (χ4n) is 10.2. The van der Waals surface area contributed by atoms with Crippen molar-refractivity contribution in [1.82, 2.24) is 0 Å². The molecule has 8 rings (SSSR count). The van der Waals surface area contributed by atoms with Crippen molar-refractivity contribution in [1.29, 1.82) is 0 Å². The summed E-state index contributed by atoms with van der Waals surface area (Å²) in [6, 6.07) is 69.5. The van der Waals surface area contributed by atoms with Crippen molar-refractivity contribution in [3.8, 4) is 11.5 Å². The van der Waals surface area contributed by atoms with Gasteiger partial charge in [0.25, 0.3) is 0 Å². The highest BCUT2D eigenvalue weighted by Gasteiger charge is 2.18. The van der Waals surface area contributed by atoms with Crippen LogP contribution in [0.4, 0.5) is 34.1 Å². The molecule has 0 aromatic heterocycles. The number of anilines is 6. The smallest absolute Gasteiger partial charge is 0.306 e. The Morgan fingerprint density at radius 2 is 0.699 bits per heavy atom. The Balaban J connectivity index is 0.000000245. The summed E-state index contributed by atoms with van der Waals surface area (Å²) in [4.78, 5) is 50.5. The highest BCUT2D eigenvalue weighted by molar-refractivity contribution is 9.10. The molecule has 93 heavy (non-hydrogen) atoms. The molecule has 0 saturated carbocycles. The molecule has 11 heteroatoms. The number of para-hydroxylation sites is 4. The predicted octanol–water partition coefficient (Wildman–Crippen LogP) is 22.9. The second-order valence-electron chi connectivity index (χ2n) is 24.8. The van der Waals surface area contributed by atoms with E-state index >= 15 is 0 Å². The van der Waals surface area contributed by atoms with Gasteiger partial charge in [-0.05, 0) is 187 Å². The van der Waals surface area contributed by atoms with Crippen molar-refractivity contribution in [2.75, 3.05) is 23.0 Å². The van der Waals surface area contributed by atoms with Gasteiger partial charge in [0, 0.05) is 51.4 Å². The van der Waals surface area contributed by atoms with Crippen LogP contribution < -0.4 is 19.3 Å². The summed E-state index contributed by atoms with van der Waals surface area (Å²) in [7, 11) is 0. The summed E-state index contributed by atoms with van der Waals surface area (Å²) in [5.41, 5.74) is 10.3. The molecule has 0 aliphatic heterocycles. The quantitative estimate of drug-likeness (QED) is 0.0171. The number of rotatable bonds is 33. The zero-order valence-electron chi connectivity index (χ0n) is 55.5. The lowest BCUT2D eigenvalue weighted by Crippen LogP contribution is -2.23. The standard InChI is InChI=1S/C41H47NO4.C21H31BrO4.C20H17N/c1-41(2,3)46-40(44)21-15-7-5-4-6-8-16-30-45-39-31-34(24-27-35(39)32-43)23-22-33-25-28-38(29-26-33)42(36-17-11-9-12-18-36)37-19-13-10-14-20-37;1-21(2,3)26-20(24)11-9-7-5-4-6-8-10-14-25-19-15-18(22)13-12-17(19)16-23;1-2-17-13-15-20(16-14-17)21(18-9-5-3-6-10-18)19-11-7-4-8-12-19/h9-14,17-20,22-29,31-32H,4-8,15-16,21,30H2,1-3H3;12-13,15-16H,4-11,14H2,1-3H3;2-16H,1H2/b23-22+;;. The third kappa shape index (κ3) is 27.9. The van der Waals surface area contributed by atoms with Gasteiger partial charge in [-0.15, -0.1) is 0 Å². The maximum atomic E-state index is 11.8. The van der Waals surface area contributed by atoms with Crippen LogP contribution in [0.5, 0.6) is 11.5 Å². The minimum atomic E-state index is -0.410. The first-order chi connectivity index (χ1) is 45.0. The molecule has 0 N–H and O–H groups in total. The van der Waals surface area contributed by atoms with Gasteiger partial charge in [-0.25, -0.2) is 0 Å². The monoisotopic (exact) mass is 1310 g/mol. The van der Waals surface area contributed by atoms with E-state index in [-0.39, 0.29) is 17.5 Å². The molecule has 0 heterocycles. The Morgan fingerprint density at radius 3 is 1.06 bits per heavy atom. The molecule has 0 radical (unpaired) electrons. The van der Waals surface area contributed by atoms with E-state index in [4.69, 9.17) is 18.9 Å². The van der Waals surface area contributed by atoms with Crippen molar-refractivity contribution < 1.29 is 38.1 Å². The van der Waals surface area contributed by atoms with Crippen LogP contribution in [-0.4, -0.2) is 48.9 Å². The molecule has 0 unspecified atom stereocenters. The van der Waals surface area contributed by atoms with Crippen LogP contribution in [0.25, 0.3) is 18.2 Å². The number of halogens is 1.